The summed E-state index contributed by atoms with van der Waals surface area (Å²) in [5.74, 6) is 2.51. The van der Waals surface area contributed by atoms with Gasteiger partial charge in [0.05, 0.1) is 0 Å². The van der Waals surface area contributed by atoms with Crippen LogP contribution in [0.5, 0.6) is 0 Å². The van der Waals surface area contributed by atoms with Crippen LogP contribution in [-0.2, 0) is 5.41 Å². The smallest absolute Gasteiger partial charge is 0.232 e. The van der Waals surface area contributed by atoms with Gasteiger partial charge in [0, 0.05) is 67.5 Å². The third-order valence-corrected chi connectivity index (χ3v) is 10.1. The molecule has 2 aromatic carbocycles. The van der Waals surface area contributed by atoms with E-state index in [1.807, 2.05) is 6.07 Å². The van der Waals surface area contributed by atoms with Crippen molar-refractivity contribution in [2.45, 2.75) is 69.7 Å². The van der Waals surface area contributed by atoms with Gasteiger partial charge < -0.3 is 25.3 Å². The summed E-state index contributed by atoms with van der Waals surface area (Å²) >= 11 is 12.3. The summed E-state index contributed by atoms with van der Waals surface area (Å²) in [6.45, 7) is 7.81. The Balaban J connectivity index is 1.18. The fourth-order valence-corrected chi connectivity index (χ4v) is 7.42. The van der Waals surface area contributed by atoms with Gasteiger partial charge in [0.1, 0.15) is 11.6 Å². The van der Waals surface area contributed by atoms with Crippen molar-refractivity contribution in [1.29, 1.82) is 0 Å². The fraction of sp³-hybridized carbons (Fsp3) is 0.500. The lowest BCUT2D eigenvalue weighted by Crippen LogP contribution is -2.47. The highest BCUT2D eigenvalue weighted by molar-refractivity contribution is 7.80. The maximum atomic E-state index is 6.42. The summed E-state index contributed by atoms with van der Waals surface area (Å²) in [7, 11) is 0. The van der Waals surface area contributed by atoms with E-state index in [-0.39, 0.29) is 5.41 Å². The van der Waals surface area contributed by atoms with Crippen molar-refractivity contribution in [1.82, 2.24) is 15.3 Å². The first-order valence-electron chi connectivity index (χ1n) is 16.0. The number of thiocarbonyl (C=S) groups is 1. The third-order valence-electron chi connectivity index (χ3n) is 9.58. The number of hydrogen-bond acceptors (Lipinski definition) is 6. The van der Waals surface area contributed by atoms with E-state index >= 15 is 0 Å². The Morgan fingerprint density at radius 1 is 0.860 bits per heavy atom. The lowest BCUT2D eigenvalue weighted by Gasteiger charge is -2.39. The van der Waals surface area contributed by atoms with E-state index in [0.29, 0.717) is 17.1 Å². The second kappa shape index (κ2) is 13.7. The highest BCUT2D eigenvalue weighted by Crippen LogP contribution is 2.40. The Labute approximate surface area is 267 Å². The second-order valence-corrected chi connectivity index (χ2v) is 13.3. The molecule has 3 aliphatic rings. The monoisotopic (exact) mass is 617 g/mol. The number of para-hydroxylation sites is 1. The Bertz CT molecular complexity index is 1370. The van der Waals surface area contributed by atoms with Crippen LogP contribution in [0.2, 0.25) is 5.02 Å². The molecule has 3 heterocycles. The molecule has 6 rings (SSSR count). The molecule has 1 aliphatic carbocycles. The van der Waals surface area contributed by atoms with Gasteiger partial charge in [-0.3, -0.25) is 0 Å². The van der Waals surface area contributed by atoms with Gasteiger partial charge in [-0.1, -0.05) is 61.2 Å². The number of nitrogens with one attached hydrogen (secondary N) is 2. The van der Waals surface area contributed by atoms with E-state index in [1.165, 1.54) is 49.8 Å². The van der Waals surface area contributed by atoms with Crippen LogP contribution in [-0.4, -0.2) is 60.4 Å². The molecule has 7 nitrogen and oxygen atoms in total. The highest BCUT2D eigenvalue weighted by Gasteiger charge is 2.34. The normalized spacial score (nSPS) is 20.5. The lowest BCUT2D eigenvalue weighted by molar-refractivity contribution is 0.292. The Hall–Kier alpha value is -3.10. The number of aromatic nitrogens is 2. The van der Waals surface area contributed by atoms with Crippen molar-refractivity contribution in [2.24, 2.45) is 0 Å². The molecule has 2 saturated heterocycles. The number of halogens is 1. The van der Waals surface area contributed by atoms with E-state index in [2.05, 4.69) is 86.9 Å². The molecule has 0 amide bonds. The second-order valence-electron chi connectivity index (χ2n) is 12.4. The number of nitrogens with zero attached hydrogens (tertiary/aromatic N) is 5. The maximum Gasteiger partial charge on any atom is 0.232 e. The molecule has 1 atom stereocenters. The molecule has 1 saturated carbocycles. The number of piperazine rings is 1. The first-order valence-corrected chi connectivity index (χ1v) is 16.8. The zero-order valence-electron chi connectivity index (χ0n) is 25.3. The lowest BCUT2D eigenvalue weighted by atomic mass is 9.69. The predicted octanol–water partition coefficient (Wildman–Crippen LogP) is 7.02. The number of benzene rings is 2. The van der Waals surface area contributed by atoms with Gasteiger partial charge in [0.25, 0.3) is 0 Å². The molecule has 9 heteroatoms. The van der Waals surface area contributed by atoms with Gasteiger partial charge in [-0.05, 0) is 81.1 Å². The Morgan fingerprint density at radius 3 is 2.35 bits per heavy atom. The summed E-state index contributed by atoms with van der Waals surface area (Å²) in [6, 6.07) is 21.7. The number of hydrogen-bond donors (Lipinski definition) is 2. The quantitative estimate of drug-likeness (QED) is 0.274. The molecule has 3 aromatic rings. The molecule has 43 heavy (non-hydrogen) atoms. The SMILES string of the molecule is C[C@@H]1CCCCN1c1cc(N2CCN(c3ccccc3)CC2)nc(NC(=S)NCC2(c3cccc(Cl)c3)CCCCC2)n1. The van der Waals surface area contributed by atoms with Crippen LogP contribution in [0.15, 0.2) is 60.7 Å². The van der Waals surface area contributed by atoms with Crippen molar-refractivity contribution < 1.29 is 0 Å². The number of piperidine rings is 1. The minimum atomic E-state index is 0.0183. The van der Waals surface area contributed by atoms with Crippen molar-refractivity contribution in [2.75, 3.05) is 59.3 Å². The molecule has 2 aliphatic heterocycles. The van der Waals surface area contributed by atoms with Gasteiger partial charge in [0.15, 0.2) is 5.11 Å². The molecular weight excluding hydrogens is 574 g/mol. The van der Waals surface area contributed by atoms with Gasteiger partial charge >= 0.3 is 0 Å². The van der Waals surface area contributed by atoms with Gasteiger partial charge in [0.2, 0.25) is 5.95 Å². The summed E-state index contributed by atoms with van der Waals surface area (Å²) in [5.41, 5.74) is 2.59. The maximum absolute atomic E-state index is 6.42. The summed E-state index contributed by atoms with van der Waals surface area (Å²) in [4.78, 5) is 17.3. The molecular formula is C34H44ClN7S. The number of anilines is 4. The van der Waals surface area contributed by atoms with E-state index in [1.54, 1.807) is 0 Å². The van der Waals surface area contributed by atoms with Gasteiger partial charge in [-0.25, -0.2) is 0 Å². The topological polar surface area (TPSA) is 59.6 Å². The Morgan fingerprint density at radius 2 is 1.60 bits per heavy atom. The van der Waals surface area contributed by atoms with Crippen LogP contribution < -0.4 is 25.3 Å². The van der Waals surface area contributed by atoms with E-state index < -0.39 is 0 Å². The zero-order valence-corrected chi connectivity index (χ0v) is 26.8. The third kappa shape index (κ3) is 7.18. The average Bonchev–Trinajstić information content (AvgIpc) is 3.05. The molecule has 0 radical (unpaired) electrons. The molecule has 1 aromatic heterocycles. The first kappa shape index (κ1) is 29.9. The predicted molar refractivity (Wildman–Crippen MR) is 184 cm³/mol. The van der Waals surface area contributed by atoms with Gasteiger partial charge in [-0.15, -0.1) is 0 Å². The van der Waals surface area contributed by atoms with Crippen molar-refractivity contribution in [3.05, 3.63) is 71.2 Å². The fourth-order valence-electron chi connectivity index (χ4n) is 7.07. The summed E-state index contributed by atoms with van der Waals surface area (Å²) in [5, 5.41) is 8.29. The highest BCUT2D eigenvalue weighted by atomic mass is 35.5. The summed E-state index contributed by atoms with van der Waals surface area (Å²) in [6.07, 6.45) is 9.61. The van der Waals surface area contributed by atoms with Crippen molar-refractivity contribution in [3.8, 4) is 0 Å². The van der Waals surface area contributed by atoms with E-state index in [4.69, 9.17) is 33.8 Å². The minimum absolute atomic E-state index is 0.0183. The van der Waals surface area contributed by atoms with Crippen LogP contribution >= 0.6 is 23.8 Å². The van der Waals surface area contributed by atoms with Crippen LogP contribution in [0.4, 0.5) is 23.3 Å². The van der Waals surface area contributed by atoms with Crippen LogP contribution in [0.25, 0.3) is 0 Å². The average molecular weight is 618 g/mol. The molecule has 0 unspecified atom stereocenters. The first-order chi connectivity index (χ1) is 21.0. The Kier molecular flexibility index (Phi) is 9.53. The summed E-state index contributed by atoms with van der Waals surface area (Å²) < 4.78 is 0. The minimum Gasteiger partial charge on any atom is -0.368 e. The van der Waals surface area contributed by atoms with E-state index in [9.17, 15) is 0 Å². The van der Waals surface area contributed by atoms with Crippen LogP contribution in [0.3, 0.4) is 0 Å². The van der Waals surface area contributed by atoms with Crippen LogP contribution in [0, 0.1) is 0 Å². The molecule has 228 valence electrons. The largest absolute Gasteiger partial charge is 0.368 e. The zero-order chi connectivity index (χ0) is 29.6. The standard InChI is InChI=1S/C34H44ClN7S/c1-26-11-6-9-18-42(26)31-24-30(41-21-19-40(20-22-41)29-14-4-2-5-15-29)37-32(38-31)39-33(43)36-25-34(16-7-3-8-17-34)27-12-10-13-28(35)23-27/h2,4-5,10,12-15,23-24,26H,3,6-9,11,16-22,25H2,1H3,(H2,36,37,38,39,43)/t26-/m1/s1. The molecule has 0 spiro atoms. The van der Waals surface area contributed by atoms with E-state index in [0.717, 1.165) is 68.8 Å². The van der Waals surface area contributed by atoms with Crippen molar-refractivity contribution in [3.63, 3.8) is 0 Å². The van der Waals surface area contributed by atoms with Gasteiger partial charge in [-0.2, -0.15) is 9.97 Å². The number of rotatable bonds is 7. The molecule has 0 bridgehead atoms. The van der Waals surface area contributed by atoms with Crippen LogP contribution in [0.1, 0.15) is 63.9 Å². The van der Waals surface area contributed by atoms with Crippen molar-refractivity contribution >= 4 is 52.2 Å². The molecule has 3 fully saturated rings. The molecule has 2 N–H and O–H groups in total.